The largest absolute Gasteiger partial charge is 0.398 e. The molecule has 0 atom stereocenters. The zero-order valence-electron chi connectivity index (χ0n) is 12.1. The number of rotatable bonds is 3. The molecule has 4 nitrogen and oxygen atoms in total. The third-order valence-electron chi connectivity index (χ3n) is 3.45. The maximum Gasteiger partial charge on any atom is 0.266 e. The maximum absolute atomic E-state index is 12.9. The molecule has 0 aliphatic carbocycles. The Morgan fingerprint density at radius 2 is 1.57 bits per heavy atom. The van der Waals surface area contributed by atoms with Crippen molar-refractivity contribution in [1.82, 2.24) is 0 Å². The Morgan fingerprint density at radius 1 is 1.05 bits per heavy atom. The number of hydrogen-bond acceptors (Lipinski definition) is 3. The number of nitrogens with zero attached hydrogens (tertiary/aromatic N) is 1. The fourth-order valence-corrected chi connectivity index (χ4v) is 3.35. The van der Waals surface area contributed by atoms with Crippen molar-refractivity contribution in [2.75, 3.05) is 17.1 Å². The molecule has 0 spiro atoms. The van der Waals surface area contributed by atoms with Crippen molar-refractivity contribution in [2.24, 2.45) is 0 Å². The van der Waals surface area contributed by atoms with Crippen LogP contribution < -0.4 is 10.0 Å². The molecule has 2 aromatic carbocycles. The molecule has 0 saturated heterocycles. The molecule has 2 rings (SSSR count). The van der Waals surface area contributed by atoms with Gasteiger partial charge in [0, 0.05) is 7.05 Å². The summed E-state index contributed by atoms with van der Waals surface area (Å²) in [6.07, 6.45) is 0. The first-order chi connectivity index (χ1) is 9.73. The minimum atomic E-state index is -3.79. The summed E-state index contributed by atoms with van der Waals surface area (Å²) in [6, 6.07) is 8.44. The zero-order chi connectivity index (χ0) is 15.8. The molecule has 0 heterocycles. The van der Waals surface area contributed by atoms with Gasteiger partial charge in [-0.2, -0.15) is 0 Å². The second-order valence-corrected chi connectivity index (χ2v) is 6.86. The van der Waals surface area contributed by atoms with Crippen molar-refractivity contribution in [2.45, 2.75) is 18.7 Å². The van der Waals surface area contributed by atoms with E-state index in [9.17, 15) is 12.8 Å². The van der Waals surface area contributed by atoms with E-state index < -0.39 is 15.8 Å². The van der Waals surface area contributed by atoms with Crippen LogP contribution in [0.15, 0.2) is 41.3 Å². The fraction of sp³-hybridized carbons (Fsp3) is 0.200. The molecule has 2 aromatic rings. The minimum absolute atomic E-state index is 0.0532. The molecule has 0 bridgehead atoms. The molecule has 0 fully saturated rings. The van der Waals surface area contributed by atoms with Crippen LogP contribution in [0.1, 0.15) is 11.1 Å². The lowest BCUT2D eigenvalue weighted by Gasteiger charge is -2.21. The molecule has 0 aliphatic heterocycles. The van der Waals surface area contributed by atoms with Crippen LogP contribution in [0.2, 0.25) is 0 Å². The minimum Gasteiger partial charge on any atom is -0.398 e. The van der Waals surface area contributed by atoms with Gasteiger partial charge in [0.05, 0.1) is 11.4 Å². The second kappa shape index (κ2) is 5.37. The Balaban J connectivity index is 2.51. The Labute approximate surface area is 124 Å². The van der Waals surface area contributed by atoms with Gasteiger partial charge in [-0.25, -0.2) is 12.8 Å². The van der Waals surface area contributed by atoms with Crippen molar-refractivity contribution >= 4 is 21.4 Å². The molecular formula is C15H17FN2O2S. The Kier molecular flexibility index (Phi) is 3.91. The molecule has 0 unspecified atom stereocenters. The number of anilines is 2. The predicted molar refractivity (Wildman–Crippen MR) is 82.3 cm³/mol. The van der Waals surface area contributed by atoms with Gasteiger partial charge >= 0.3 is 0 Å². The molecule has 112 valence electrons. The maximum atomic E-state index is 12.9. The third kappa shape index (κ3) is 2.85. The summed E-state index contributed by atoms with van der Waals surface area (Å²) in [4.78, 5) is 0.0532. The SMILES string of the molecule is Cc1cc(N)c(S(=O)(=O)N(C)c2ccc(F)cc2)cc1C. The normalized spacial score (nSPS) is 11.4. The molecule has 0 amide bonds. The lowest BCUT2D eigenvalue weighted by atomic mass is 10.1. The van der Waals surface area contributed by atoms with Crippen LogP contribution >= 0.6 is 0 Å². The number of sulfonamides is 1. The number of nitrogens with two attached hydrogens (primary N) is 1. The van der Waals surface area contributed by atoms with E-state index in [1.54, 1.807) is 12.1 Å². The highest BCUT2D eigenvalue weighted by Gasteiger charge is 2.24. The summed E-state index contributed by atoms with van der Waals surface area (Å²) in [7, 11) is -2.38. The molecule has 0 saturated carbocycles. The predicted octanol–water partition coefficient (Wildman–Crippen LogP) is 2.85. The zero-order valence-corrected chi connectivity index (χ0v) is 12.9. The van der Waals surface area contributed by atoms with Crippen LogP contribution in [-0.4, -0.2) is 15.5 Å². The Morgan fingerprint density at radius 3 is 2.14 bits per heavy atom. The van der Waals surface area contributed by atoms with Gasteiger partial charge < -0.3 is 5.73 Å². The van der Waals surface area contributed by atoms with Gasteiger partial charge in [-0.1, -0.05) is 0 Å². The van der Waals surface area contributed by atoms with Gasteiger partial charge in [-0.05, 0) is 61.4 Å². The first kappa shape index (κ1) is 15.3. The molecule has 0 radical (unpaired) electrons. The van der Waals surface area contributed by atoms with Crippen molar-refractivity contribution in [3.8, 4) is 0 Å². The van der Waals surface area contributed by atoms with Crippen LogP contribution in [-0.2, 0) is 10.0 Å². The van der Waals surface area contributed by atoms with E-state index in [0.717, 1.165) is 15.4 Å². The summed E-state index contributed by atoms with van der Waals surface area (Å²) in [6.45, 7) is 3.69. The summed E-state index contributed by atoms with van der Waals surface area (Å²) in [5.41, 5.74) is 8.19. The van der Waals surface area contributed by atoms with E-state index in [4.69, 9.17) is 5.73 Å². The quantitative estimate of drug-likeness (QED) is 0.887. The highest BCUT2D eigenvalue weighted by atomic mass is 32.2. The topological polar surface area (TPSA) is 63.4 Å². The van der Waals surface area contributed by atoms with Gasteiger partial charge in [0.1, 0.15) is 10.7 Å². The van der Waals surface area contributed by atoms with E-state index in [-0.39, 0.29) is 10.6 Å². The van der Waals surface area contributed by atoms with E-state index >= 15 is 0 Å². The fourth-order valence-electron chi connectivity index (χ4n) is 1.97. The lowest BCUT2D eigenvalue weighted by Crippen LogP contribution is -2.27. The number of halogens is 1. The standard InChI is InChI=1S/C15H17FN2O2S/c1-10-8-14(17)15(9-11(10)2)21(19,20)18(3)13-6-4-12(16)5-7-13/h4-9H,17H2,1-3H3. The van der Waals surface area contributed by atoms with Crippen molar-refractivity contribution in [3.05, 3.63) is 53.3 Å². The van der Waals surface area contributed by atoms with Gasteiger partial charge in [-0.3, -0.25) is 4.31 Å². The molecule has 0 aliphatic rings. The van der Waals surface area contributed by atoms with Gasteiger partial charge in [0.2, 0.25) is 0 Å². The molecule has 2 N–H and O–H groups in total. The number of aryl methyl sites for hydroxylation is 2. The summed E-state index contributed by atoms with van der Waals surface area (Å²) in [5, 5.41) is 0. The Hall–Kier alpha value is -2.08. The summed E-state index contributed by atoms with van der Waals surface area (Å²) < 4.78 is 39.3. The van der Waals surface area contributed by atoms with E-state index in [1.807, 2.05) is 13.8 Å². The van der Waals surface area contributed by atoms with Gasteiger partial charge in [-0.15, -0.1) is 0 Å². The summed E-state index contributed by atoms with van der Waals surface area (Å²) in [5.74, 6) is -0.421. The summed E-state index contributed by atoms with van der Waals surface area (Å²) >= 11 is 0. The van der Waals surface area contributed by atoms with Crippen LogP contribution in [0.25, 0.3) is 0 Å². The van der Waals surface area contributed by atoms with Crippen molar-refractivity contribution in [3.63, 3.8) is 0 Å². The van der Waals surface area contributed by atoms with Gasteiger partial charge in [0.15, 0.2) is 0 Å². The molecular weight excluding hydrogens is 291 g/mol. The Bertz CT molecular complexity index is 771. The van der Waals surface area contributed by atoms with E-state index in [0.29, 0.717) is 5.69 Å². The van der Waals surface area contributed by atoms with Crippen molar-refractivity contribution < 1.29 is 12.8 Å². The number of benzene rings is 2. The molecule has 21 heavy (non-hydrogen) atoms. The first-order valence-corrected chi connectivity index (χ1v) is 7.78. The van der Waals surface area contributed by atoms with E-state index in [2.05, 4.69) is 0 Å². The van der Waals surface area contributed by atoms with E-state index in [1.165, 1.54) is 31.3 Å². The second-order valence-electron chi connectivity index (χ2n) is 4.92. The molecule has 6 heteroatoms. The van der Waals surface area contributed by atoms with Crippen LogP contribution in [0.5, 0.6) is 0 Å². The van der Waals surface area contributed by atoms with Crippen LogP contribution in [0.3, 0.4) is 0 Å². The number of hydrogen-bond donors (Lipinski definition) is 1. The van der Waals surface area contributed by atoms with Crippen LogP contribution in [0, 0.1) is 19.7 Å². The third-order valence-corrected chi connectivity index (χ3v) is 5.30. The monoisotopic (exact) mass is 308 g/mol. The smallest absolute Gasteiger partial charge is 0.266 e. The molecule has 0 aromatic heterocycles. The highest BCUT2D eigenvalue weighted by Crippen LogP contribution is 2.28. The highest BCUT2D eigenvalue weighted by molar-refractivity contribution is 7.93. The van der Waals surface area contributed by atoms with Gasteiger partial charge in [0.25, 0.3) is 10.0 Å². The van der Waals surface area contributed by atoms with Crippen LogP contribution in [0.4, 0.5) is 15.8 Å². The average molecular weight is 308 g/mol. The first-order valence-electron chi connectivity index (χ1n) is 6.34. The van der Waals surface area contributed by atoms with Crippen molar-refractivity contribution in [1.29, 1.82) is 0 Å². The lowest BCUT2D eigenvalue weighted by molar-refractivity contribution is 0.594. The average Bonchev–Trinajstić information content (AvgIpc) is 2.42. The number of nitrogen functional groups attached to an aromatic ring is 1.